The van der Waals surface area contributed by atoms with Crippen molar-refractivity contribution in [2.24, 2.45) is 0 Å². The molecule has 0 unspecified atom stereocenters. The predicted octanol–water partition coefficient (Wildman–Crippen LogP) is 1.09. The Morgan fingerprint density at radius 2 is 2.00 bits per heavy atom. The van der Waals surface area contributed by atoms with Gasteiger partial charge >= 0.3 is 0 Å². The number of hydrogen-bond donors (Lipinski definition) is 1. The largest absolute Gasteiger partial charge is 0.372 e. The Balaban J connectivity index is 1.94. The van der Waals surface area contributed by atoms with Crippen LogP contribution in [0.15, 0.2) is 12.1 Å². The Bertz CT molecular complexity index is 617. The summed E-state index contributed by atoms with van der Waals surface area (Å²) in [7, 11) is -3.17. The fraction of sp³-hybridized carbons (Fsp3) is 0.643. The minimum absolute atomic E-state index is 0.0225. The summed E-state index contributed by atoms with van der Waals surface area (Å²) in [6, 6.07) is 3.70. The van der Waals surface area contributed by atoms with Crippen LogP contribution >= 0.6 is 11.3 Å². The third-order valence-corrected chi connectivity index (χ3v) is 5.18. The maximum absolute atomic E-state index is 12.5. The first-order chi connectivity index (χ1) is 10.2. The number of ether oxygens (including phenoxy) is 1. The van der Waals surface area contributed by atoms with Gasteiger partial charge < -0.3 is 9.64 Å². The molecule has 1 N–H and O–H groups in total. The molecule has 2 rings (SSSR count). The highest BCUT2D eigenvalue weighted by Crippen LogP contribution is 2.21. The SMILES string of the molecule is C[C@@H]1CN(C(=O)c2ccc(CCNS(C)(=O)=O)s2)C[C@@H](C)O1. The Morgan fingerprint density at radius 1 is 1.36 bits per heavy atom. The zero-order valence-corrected chi connectivity index (χ0v) is 14.7. The summed E-state index contributed by atoms with van der Waals surface area (Å²) in [4.78, 5) is 16.0. The Morgan fingerprint density at radius 3 is 2.59 bits per heavy atom. The van der Waals surface area contributed by atoms with E-state index >= 15 is 0 Å². The highest BCUT2D eigenvalue weighted by molar-refractivity contribution is 7.88. The molecule has 0 aliphatic carbocycles. The summed E-state index contributed by atoms with van der Waals surface area (Å²) in [6.07, 6.45) is 1.81. The minimum atomic E-state index is -3.17. The molecule has 6 nitrogen and oxygen atoms in total. The highest BCUT2D eigenvalue weighted by atomic mass is 32.2. The Labute approximate surface area is 135 Å². The summed E-state index contributed by atoms with van der Waals surface area (Å²) >= 11 is 1.42. The molecule has 1 aromatic heterocycles. The first-order valence-corrected chi connectivity index (χ1v) is 9.93. The van der Waals surface area contributed by atoms with Crippen LogP contribution in [0.25, 0.3) is 0 Å². The number of carbonyl (C=O) groups is 1. The fourth-order valence-corrected chi connectivity index (χ4v) is 3.93. The Kier molecular flexibility index (Phi) is 5.60. The van der Waals surface area contributed by atoms with Crippen molar-refractivity contribution in [3.8, 4) is 0 Å². The van der Waals surface area contributed by atoms with Gasteiger partial charge in [0.05, 0.1) is 23.3 Å². The van der Waals surface area contributed by atoms with E-state index in [1.54, 1.807) is 0 Å². The van der Waals surface area contributed by atoms with Crippen LogP contribution in [0.3, 0.4) is 0 Å². The third-order valence-electron chi connectivity index (χ3n) is 3.31. The first-order valence-electron chi connectivity index (χ1n) is 7.22. The fourth-order valence-electron chi connectivity index (χ4n) is 2.49. The van der Waals surface area contributed by atoms with E-state index in [0.717, 1.165) is 11.1 Å². The molecule has 0 radical (unpaired) electrons. The maximum Gasteiger partial charge on any atom is 0.264 e. The molecule has 1 aliphatic heterocycles. The van der Waals surface area contributed by atoms with Gasteiger partial charge in [0, 0.05) is 24.5 Å². The van der Waals surface area contributed by atoms with E-state index in [2.05, 4.69) is 4.72 Å². The van der Waals surface area contributed by atoms with Crippen molar-refractivity contribution in [3.05, 3.63) is 21.9 Å². The van der Waals surface area contributed by atoms with E-state index in [0.29, 0.717) is 30.9 Å². The number of carbonyl (C=O) groups excluding carboxylic acids is 1. The summed E-state index contributed by atoms with van der Waals surface area (Å²) in [5.74, 6) is 0.0225. The van der Waals surface area contributed by atoms with E-state index in [1.165, 1.54) is 11.3 Å². The molecule has 1 saturated heterocycles. The molecule has 0 saturated carbocycles. The van der Waals surface area contributed by atoms with Gasteiger partial charge in [0.15, 0.2) is 0 Å². The average molecular weight is 346 g/mol. The van der Waals surface area contributed by atoms with Crippen molar-refractivity contribution in [2.45, 2.75) is 32.5 Å². The third kappa shape index (κ3) is 5.05. The Hall–Kier alpha value is -0.960. The van der Waals surface area contributed by atoms with Crippen molar-refractivity contribution >= 4 is 27.3 Å². The lowest BCUT2D eigenvalue weighted by Crippen LogP contribution is -2.48. The number of amides is 1. The molecular weight excluding hydrogens is 324 g/mol. The van der Waals surface area contributed by atoms with Crippen molar-refractivity contribution in [1.82, 2.24) is 9.62 Å². The van der Waals surface area contributed by atoms with Gasteiger partial charge in [-0.15, -0.1) is 11.3 Å². The number of morpholine rings is 1. The van der Waals surface area contributed by atoms with Crippen molar-refractivity contribution in [1.29, 1.82) is 0 Å². The molecule has 1 amide bonds. The summed E-state index contributed by atoms with van der Waals surface area (Å²) in [5, 5.41) is 0. The molecule has 1 fully saturated rings. The zero-order chi connectivity index (χ0) is 16.3. The van der Waals surface area contributed by atoms with Crippen LogP contribution in [-0.2, 0) is 21.2 Å². The predicted molar refractivity (Wildman–Crippen MR) is 86.8 cm³/mol. The van der Waals surface area contributed by atoms with Crippen molar-refractivity contribution < 1.29 is 17.9 Å². The number of sulfonamides is 1. The summed E-state index contributed by atoms with van der Waals surface area (Å²) < 4.78 is 30.1. The lowest BCUT2D eigenvalue weighted by molar-refractivity contribution is -0.0585. The van der Waals surface area contributed by atoms with E-state index in [1.807, 2.05) is 30.9 Å². The second-order valence-electron chi connectivity index (χ2n) is 5.65. The smallest absolute Gasteiger partial charge is 0.264 e. The lowest BCUT2D eigenvalue weighted by atomic mass is 10.2. The quantitative estimate of drug-likeness (QED) is 0.866. The van der Waals surface area contributed by atoms with Crippen LogP contribution in [0, 0.1) is 0 Å². The molecule has 2 heterocycles. The van der Waals surface area contributed by atoms with Crippen LogP contribution in [0.2, 0.25) is 0 Å². The van der Waals surface area contributed by atoms with Gasteiger partial charge in [0.1, 0.15) is 0 Å². The second kappa shape index (κ2) is 7.08. The molecule has 1 aliphatic rings. The molecule has 2 atom stereocenters. The zero-order valence-electron chi connectivity index (χ0n) is 13.0. The van der Waals surface area contributed by atoms with Gasteiger partial charge in [0.25, 0.3) is 5.91 Å². The highest BCUT2D eigenvalue weighted by Gasteiger charge is 2.27. The monoisotopic (exact) mass is 346 g/mol. The topological polar surface area (TPSA) is 75.7 Å². The first kappa shape index (κ1) is 17.4. The summed E-state index contributed by atoms with van der Waals surface area (Å²) in [5.41, 5.74) is 0. The van der Waals surface area contributed by atoms with E-state index in [4.69, 9.17) is 4.74 Å². The van der Waals surface area contributed by atoms with Crippen LogP contribution in [0.1, 0.15) is 28.4 Å². The number of nitrogens with one attached hydrogen (secondary N) is 1. The standard InChI is InChI=1S/C14H22N2O4S2/c1-10-8-16(9-11(2)20-10)14(17)13-5-4-12(21-13)6-7-15-22(3,18)19/h4-5,10-11,15H,6-9H2,1-3H3/t10-,11-/m1/s1. The molecule has 0 spiro atoms. The molecule has 1 aromatic rings. The number of thiophene rings is 1. The number of rotatable bonds is 5. The molecule has 124 valence electrons. The second-order valence-corrected chi connectivity index (χ2v) is 8.65. The van der Waals surface area contributed by atoms with Crippen LogP contribution in [0.5, 0.6) is 0 Å². The van der Waals surface area contributed by atoms with E-state index in [9.17, 15) is 13.2 Å². The molecule has 22 heavy (non-hydrogen) atoms. The number of nitrogens with zero attached hydrogens (tertiary/aromatic N) is 1. The van der Waals surface area contributed by atoms with Gasteiger partial charge in [0.2, 0.25) is 10.0 Å². The number of hydrogen-bond acceptors (Lipinski definition) is 5. The molecular formula is C14H22N2O4S2. The summed E-state index contributed by atoms with van der Waals surface area (Å²) in [6.45, 7) is 5.48. The van der Waals surface area contributed by atoms with Crippen LogP contribution in [-0.4, -0.2) is 57.3 Å². The van der Waals surface area contributed by atoms with Gasteiger partial charge in [-0.05, 0) is 32.4 Å². The van der Waals surface area contributed by atoms with E-state index < -0.39 is 10.0 Å². The normalized spacial score (nSPS) is 22.8. The van der Waals surface area contributed by atoms with Gasteiger partial charge in [-0.1, -0.05) is 0 Å². The molecule has 0 bridgehead atoms. The maximum atomic E-state index is 12.5. The average Bonchev–Trinajstić information content (AvgIpc) is 2.84. The molecule has 8 heteroatoms. The van der Waals surface area contributed by atoms with Crippen LogP contribution < -0.4 is 4.72 Å². The van der Waals surface area contributed by atoms with Gasteiger partial charge in [-0.2, -0.15) is 0 Å². The van der Waals surface area contributed by atoms with Crippen molar-refractivity contribution in [2.75, 3.05) is 25.9 Å². The molecule has 0 aromatic carbocycles. The minimum Gasteiger partial charge on any atom is -0.372 e. The van der Waals surface area contributed by atoms with Gasteiger partial charge in [-0.3, -0.25) is 4.79 Å². The van der Waals surface area contributed by atoms with Gasteiger partial charge in [-0.25, -0.2) is 13.1 Å². The van der Waals surface area contributed by atoms with E-state index in [-0.39, 0.29) is 18.1 Å². The lowest BCUT2D eigenvalue weighted by Gasteiger charge is -2.35. The van der Waals surface area contributed by atoms with Crippen molar-refractivity contribution in [3.63, 3.8) is 0 Å². The van der Waals surface area contributed by atoms with Crippen LogP contribution in [0.4, 0.5) is 0 Å².